The minimum atomic E-state index is -3.20. The maximum absolute atomic E-state index is 12.1. The first-order valence-electron chi connectivity index (χ1n) is 6.89. The van der Waals surface area contributed by atoms with Crippen LogP contribution in [0.5, 0.6) is 5.75 Å². The molecule has 0 aliphatic carbocycles. The van der Waals surface area contributed by atoms with E-state index in [1.54, 1.807) is 13.8 Å². The number of benzene rings is 1. The van der Waals surface area contributed by atoms with Crippen LogP contribution < -0.4 is 10.1 Å². The summed E-state index contributed by atoms with van der Waals surface area (Å²) < 4.78 is 28.8. The molecule has 0 fully saturated rings. The van der Waals surface area contributed by atoms with Crippen LogP contribution in [0.15, 0.2) is 24.3 Å². The van der Waals surface area contributed by atoms with Gasteiger partial charge in [0.2, 0.25) is 0 Å². The largest absolute Gasteiger partial charge is 0.494 e. The Bertz CT molecular complexity index is 538. The van der Waals surface area contributed by atoms with E-state index in [1.807, 2.05) is 38.1 Å². The van der Waals surface area contributed by atoms with Gasteiger partial charge in [-0.15, -0.1) is 0 Å². The Morgan fingerprint density at radius 1 is 1.30 bits per heavy atom. The van der Waals surface area contributed by atoms with Gasteiger partial charge in [-0.2, -0.15) is 0 Å². The number of hydrogen-bond donors (Lipinski definition) is 1. The van der Waals surface area contributed by atoms with E-state index in [0.29, 0.717) is 13.2 Å². The Kier molecular flexibility index (Phi) is 5.59. The quantitative estimate of drug-likeness (QED) is 0.840. The predicted molar refractivity (Wildman–Crippen MR) is 83.0 cm³/mol. The Labute approximate surface area is 122 Å². The lowest BCUT2D eigenvalue weighted by Gasteiger charge is -2.33. The number of ether oxygens (including phenoxy) is 1. The standard InChI is InChI=1S/C15H25NO3S/c1-6-16-14(15(3,4)20(5,17)18)12-9-8-10-13(11-12)19-7-2/h8-11,14,16H,6-7H2,1-5H3. The van der Waals surface area contributed by atoms with Crippen molar-refractivity contribution in [2.75, 3.05) is 19.4 Å². The molecule has 0 aromatic heterocycles. The van der Waals surface area contributed by atoms with Gasteiger partial charge in [-0.3, -0.25) is 0 Å². The molecule has 0 spiro atoms. The lowest BCUT2D eigenvalue weighted by molar-refractivity contribution is 0.338. The van der Waals surface area contributed by atoms with Crippen molar-refractivity contribution in [1.82, 2.24) is 5.32 Å². The van der Waals surface area contributed by atoms with Crippen molar-refractivity contribution in [3.63, 3.8) is 0 Å². The fourth-order valence-corrected chi connectivity index (χ4v) is 2.78. The number of hydrogen-bond acceptors (Lipinski definition) is 4. The highest BCUT2D eigenvalue weighted by Gasteiger charge is 2.39. The molecule has 0 aliphatic rings. The highest BCUT2D eigenvalue weighted by atomic mass is 32.2. The van der Waals surface area contributed by atoms with Crippen molar-refractivity contribution in [3.8, 4) is 5.75 Å². The summed E-state index contributed by atoms with van der Waals surface area (Å²) in [7, 11) is -3.20. The summed E-state index contributed by atoms with van der Waals surface area (Å²) in [4.78, 5) is 0. The molecule has 1 N–H and O–H groups in total. The Balaban J connectivity index is 3.24. The third-order valence-electron chi connectivity index (χ3n) is 3.56. The molecular formula is C15H25NO3S. The van der Waals surface area contributed by atoms with Gasteiger partial charge in [-0.05, 0) is 45.0 Å². The van der Waals surface area contributed by atoms with Crippen molar-refractivity contribution in [2.24, 2.45) is 0 Å². The summed E-state index contributed by atoms with van der Waals surface area (Å²) in [6.07, 6.45) is 1.28. The van der Waals surface area contributed by atoms with Crippen molar-refractivity contribution in [2.45, 2.75) is 38.5 Å². The van der Waals surface area contributed by atoms with Gasteiger partial charge in [-0.1, -0.05) is 19.1 Å². The third kappa shape index (κ3) is 3.73. The van der Waals surface area contributed by atoms with Crippen LogP contribution in [-0.2, 0) is 9.84 Å². The second kappa shape index (κ2) is 6.59. The maximum atomic E-state index is 12.1. The van der Waals surface area contributed by atoms with Crippen LogP contribution in [0, 0.1) is 0 Å². The molecule has 5 heteroatoms. The van der Waals surface area contributed by atoms with Crippen molar-refractivity contribution < 1.29 is 13.2 Å². The fourth-order valence-electron chi connectivity index (χ4n) is 2.13. The molecule has 0 amide bonds. The number of rotatable bonds is 7. The van der Waals surface area contributed by atoms with Crippen LogP contribution in [0.3, 0.4) is 0 Å². The summed E-state index contributed by atoms with van der Waals surface area (Å²) in [5.74, 6) is 0.761. The fraction of sp³-hybridized carbons (Fsp3) is 0.600. The van der Waals surface area contributed by atoms with E-state index in [0.717, 1.165) is 11.3 Å². The minimum Gasteiger partial charge on any atom is -0.494 e. The third-order valence-corrected chi connectivity index (χ3v) is 5.71. The van der Waals surface area contributed by atoms with Crippen LogP contribution in [0.4, 0.5) is 0 Å². The van der Waals surface area contributed by atoms with Crippen LogP contribution in [0.25, 0.3) is 0 Å². The molecule has 4 nitrogen and oxygen atoms in total. The normalized spacial score (nSPS) is 14.1. The van der Waals surface area contributed by atoms with E-state index in [9.17, 15) is 8.42 Å². The zero-order valence-electron chi connectivity index (χ0n) is 12.9. The Morgan fingerprint density at radius 2 is 1.95 bits per heavy atom. The van der Waals surface area contributed by atoms with Gasteiger partial charge in [0, 0.05) is 6.26 Å². The van der Waals surface area contributed by atoms with Crippen LogP contribution in [0.2, 0.25) is 0 Å². The van der Waals surface area contributed by atoms with Gasteiger partial charge >= 0.3 is 0 Å². The van der Waals surface area contributed by atoms with Gasteiger partial charge in [0.25, 0.3) is 0 Å². The molecule has 1 rings (SSSR count). The van der Waals surface area contributed by atoms with E-state index in [1.165, 1.54) is 6.26 Å². The molecule has 1 aromatic rings. The summed E-state index contributed by atoms with van der Waals surface area (Å²) in [5.41, 5.74) is 0.924. The summed E-state index contributed by atoms with van der Waals surface area (Å²) >= 11 is 0. The van der Waals surface area contributed by atoms with E-state index >= 15 is 0 Å². The van der Waals surface area contributed by atoms with Gasteiger partial charge in [-0.25, -0.2) is 8.42 Å². The van der Waals surface area contributed by atoms with Crippen molar-refractivity contribution >= 4 is 9.84 Å². The Hall–Kier alpha value is -1.07. The molecule has 1 atom stereocenters. The molecule has 0 bridgehead atoms. The zero-order chi connectivity index (χ0) is 15.4. The van der Waals surface area contributed by atoms with Gasteiger partial charge < -0.3 is 10.1 Å². The highest BCUT2D eigenvalue weighted by Crippen LogP contribution is 2.33. The van der Waals surface area contributed by atoms with Gasteiger partial charge in [0.05, 0.1) is 17.4 Å². The number of sulfone groups is 1. The van der Waals surface area contributed by atoms with Crippen LogP contribution >= 0.6 is 0 Å². The highest BCUT2D eigenvalue weighted by molar-refractivity contribution is 7.92. The summed E-state index contributed by atoms with van der Waals surface area (Å²) in [5, 5.41) is 3.28. The lowest BCUT2D eigenvalue weighted by Crippen LogP contribution is -2.45. The molecule has 0 aliphatic heterocycles. The monoisotopic (exact) mass is 299 g/mol. The first-order chi connectivity index (χ1) is 9.24. The lowest BCUT2D eigenvalue weighted by atomic mass is 9.95. The van der Waals surface area contributed by atoms with E-state index in [-0.39, 0.29) is 6.04 Å². The molecular weight excluding hydrogens is 274 g/mol. The smallest absolute Gasteiger partial charge is 0.154 e. The van der Waals surface area contributed by atoms with Gasteiger partial charge in [0.1, 0.15) is 5.75 Å². The van der Waals surface area contributed by atoms with E-state index in [2.05, 4.69) is 5.32 Å². The van der Waals surface area contributed by atoms with Crippen molar-refractivity contribution in [3.05, 3.63) is 29.8 Å². The first kappa shape index (κ1) is 17.0. The Morgan fingerprint density at radius 3 is 2.45 bits per heavy atom. The van der Waals surface area contributed by atoms with E-state index < -0.39 is 14.6 Å². The average molecular weight is 299 g/mol. The molecule has 114 valence electrons. The first-order valence-corrected chi connectivity index (χ1v) is 8.79. The summed E-state index contributed by atoms with van der Waals surface area (Å²) in [6, 6.07) is 7.34. The average Bonchev–Trinajstić information content (AvgIpc) is 2.35. The van der Waals surface area contributed by atoms with E-state index in [4.69, 9.17) is 4.74 Å². The van der Waals surface area contributed by atoms with Gasteiger partial charge in [0.15, 0.2) is 9.84 Å². The molecule has 1 unspecified atom stereocenters. The maximum Gasteiger partial charge on any atom is 0.154 e. The molecule has 20 heavy (non-hydrogen) atoms. The molecule has 0 saturated carbocycles. The second-order valence-corrected chi connectivity index (χ2v) is 7.97. The second-order valence-electron chi connectivity index (χ2n) is 5.37. The number of nitrogens with one attached hydrogen (secondary N) is 1. The van der Waals surface area contributed by atoms with Crippen LogP contribution in [0.1, 0.15) is 39.3 Å². The molecule has 0 saturated heterocycles. The summed E-state index contributed by atoms with van der Waals surface area (Å²) in [6.45, 7) is 8.69. The zero-order valence-corrected chi connectivity index (χ0v) is 13.8. The molecule has 1 aromatic carbocycles. The minimum absolute atomic E-state index is 0.275. The van der Waals surface area contributed by atoms with Crippen molar-refractivity contribution in [1.29, 1.82) is 0 Å². The topological polar surface area (TPSA) is 55.4 Å². The SMILES string of the molecule is CCNC(c1cccc(OCC)c1)C(C)(C)S(C)(=O)=O. The van der Waals surface area contributed by atoms with Crippen LogP contribution in [-0.4, -0.2) is 32.6 Å². The predicted octanol–water partition coefficient (Wildman–Crippen LogP) is 2.56. The molecule has 0 heterocycles. The molecule has 0 radical (unpaired) electrons.